The van der Waals surface area contributed by atoms with E-state index in [1.807, 2.05) is 0 Å². The molecule has 0 aliphatic heterocycles. The fourth-order valence-corrected chi connectivity index (χ4v) is 2.11. The molecule has 0 heterocycles. The summed E-state index contributed by atoms with van der Waals surface area (Å²) < 4.78 is 10.1. The minimum atomic E-state index is -0.173. The average Bonchev–Trinajstić information content (AvgIpc) is 2.53. The molecule has 0 amide bonds. The number of halogens is 1. The minimum absolute atomic E-state index is 0.0803. The van der Waals surface area contributed by atoms with Gasteiger partial charge in [-0.15, -0.1) is 0 Å². The van der Waals surface area contributed by atoms with Crippen LogP contribution in [0, 0.1) is 0 Å². The standard InChI is InChI=1S/C17H15ClO4/c1-21-15-8-11(9-16(22-2)17(15)20)6-7-14(19)12-4-3-5-13(18)10-12/h3-10,20H,1-2H3/b7-6+. The molecule has 4 nitrogen and oxygen atoms in total. The second-order valence-electron chi connectivity index (χ2n) is 4.48. The topological polar surface area (TPSA) is 55.8 Å². The van der Waals surface area contributed by atoms with Crippen molar-refractivity contribution in [1.29, 1.82) is 0 Å². The molecule has 0 aromatic heterocycles. The van der Waals surface area contributed by atoms with E-state index in [-0.39, 0.29) is 23.0 Å². The molecule has 0 aliphatic carbocycles. The predicted molar refractivity (Wildman–Crippen MR) is 86.0 cm³/mol. The van der Waals surface area contributed by atoms with Crippen LogP contribution in [0.1, 0.15) is 15.9 Å². The third-order valence-electron chi connectivity index (χ3n) is 3.04. The van der Waals surface area contributed by atoms with Crippen LogP contribution in [0.2, 0.25) is 5.02 Å². The third kappa shape index (κ3) is 3.59. The van der Waals surface area contributed by atoms with Gasteiger partial charge in [0, 0.05) is 10.6 Å². The largest absolute Gasteiger partial charge is 0.502 e. The Morgan fingerprint density at radius 1 is 1.14 bits per heavy atom. The van der Waals surface area contributed by atoms with E-state index in [9.17, 15) is 9.90 Å². The summed E-state index contributed by atoms with van der Waals surface area (Å²) in [6.45, 7) is 0. The van der Waals surface area contributed by atoms with Crippen LogP contribution >= 0.6 is 11.6 Å². The zero-order valence-electron chi connectivity index (χ0n) is 12.2. The fraction of sp³-hybridized carbons (Fsp3) is 0.118. The van der Waals surface area contributed by atoms with Crippen molar-refractivity contribution in [3.05, 3.63) is 58.6 Å². The number of allylic oxidation sites excluding steroid dienone is 1. The van der Waals surface area contributed by atoms with Crippen LogP contribution in [0.4, 0.5) is 0 Å². The number of rotatable bonds is 5. The van der Waals surface area contributed by atoms with Crippen molar-refractivity contribution < 1.29 is 19.4 Å². The van der Waals surface area contributed by atoms with Crippen molar-refractivity contribution in [3.63, 3.8) is 0 Å². The summed E-state index contributed by atoms with van der Waals surface area (Å²) in [6.07, 6.45) is 3.05. The zero-order valence-corrected chi connectivity index (χ0v) is 12.9. The molecule has 114 valence electrons. The molecule has 0 spiro atoms. The number of phenolic OH excluding ortho intramolecular Hbond substituents is 1. The molecule has 0 bridgehead atoms. The Bertz CT molecular complexity index is 697. The molecule has 0 atom stereocenters. The molecule has 2 rings (SSSR count). The number of methoxy groups -OCH3 is 2. The van der Waals surface area contributed by atoms with Crippen LogP contribution in [0.3, 0.4) is 0 Å². The molecule has 0 radical (unpaired) electrons. The van der Waals surface area contributed by atoms with Crippen molar-refractivity contribution in [3.8, 4) is 17.2 Å². The van der Waals surface area contributed by atoms with E-state index in [1.165, 1.54) is 20.3 Å². The molecule has 1 N–H and O–H groups in total. The Morgan fingerprint density at radius 2 is 1.77 bits per heavy atom. The van der Waals surface area contributed by atoms with E-state index in [0.717, 1.165) is 0 Å². The molecule has 0 saturated carbocycles. The lowest BCUT2D eigenvalue weighted by Gasteiger charge is -2.09. The first-order valence-electron chi connectivity index (χ1n) is 6.48. The van der Waals surface area contributed by atoms with Crippen molar-refractivity contribution in [2.45, 2.75) is 0 Å². The lowest BCUT2D eigenvalue weighted by Crippen LogP contribution is -1.94. The smallest absolute Gasteiger partial charge is 0.200 e. The number of carbonyl (C=O) groups is 1. The van der Waals surface area contributed by atoms with E-state index in [0.29, 0.717) is 16.1 Å². The maximum Gasteiger partial charge on any atom is 0.200 e. The predicted octanol–water partition coefficient (Wildman–Crippen LogP) is 3.96. The van der Waals surface area contributed by atoms with Gasteiger partial charge < -0.3 is 14.6 Å². The summed E-state index contributed by atoms with van der Waals surface area (Å²) in [5.74, 6) is 0.292. The van der Waals surface area contributed by atoms with Gasteiger partial charge in [0.05, 0.1) is 14.2 Å². The van der Waals surface area contributed by atoms with Gasteiger partial charge in [-0.2, -0.15) is 0 Å². The molecule has 0 unspecified atom stereocenters. The van der Waals surface area contributed by atoms with Gasteiger partial charge in [0.15, 0.2) is 17.3 Å². The number of carbonyl (C=O) groups excluding carboxylic acids is 1. The van der Waals surface area contributed by atoms with Crippen molar-refractivity contribution >= 4 is 23.5 Å². The number of hydrogen-bond donors (Lipinski definition) is 1. The molecule has 0 fully saturated rings. The minimum Gasteiger partial charge on any atom is -0.502 e. The summed E-state index contributed by atoms with van der Waals surface area (Å²) >= 11 is 5.87. The average molecular weight is 319 g/mol. The number of aromatic hydroxyl groups is 1. The van der Waals surface area contributed by atoms with Gasteiger partial charge in [0.2, 0.25) is 5.75 Å². The van der Waals surface area contributed by atoms with E-state index in [4.69, 9.17) is 21.1 Å². The van der Waals surface area contributed by atoms with Crippen LogP contribution in [0.15, 0.2) is 42.5 Å². The maximum atomic E-state index is 12.1. The Balaban J connectivity index is 2.28. The van der Waals surface area contributed by atoms with Gasteiger partial charge in [0.25, 0.3) is 0 Å². The highest BCUT2D eigenvalue weighted by Crippen LogP contribution is 2.37. The first-order chi connectivity index (χ1) is 10.5. The van der Waals surface area contributed by atoms with Gasteiger partial charge in [0.1, 0.15) is 0 Å². The number of benzene rings is 2. The Labute approximate surface area is 133 Å². The van der Waals surface area contributed by atoms with E-state index >= 15 is 0 Å². The van der Waals surface area contributed by atoms with Gasteiger partial charge in [-0.05, 0) is 35.9 Å². The molecular weight excluding hydrogens is 304 g/mol. The monoisotopic (exact) mass is 318 g/mol. The molecule has 22 heavy (non-hydrogen) atoms. The third-order valence-corrected chi connectivity index (χ3v) is 3.27. The second-order valence-corrected chi connectivity index (χ2v) is 4.92. The lowest BCUT2D eigenvalue weighted by atomic mass is 10.1. The number of hydrogen-bond acceptors (Lipinski definition) is 4. The van der Waals surface area contributed by atoms with Crippen LogP contribution in [0.25, 0.3) is 6.08 Å². The van der Waals surface area contributed by atoms with E-state index < -0.39 is 0 Å². The highest BCUT2D eigenvalue weighted by Gasteiger charge is 2.10. The lowest BCUT2D eigenvalue weighted by molar-refractivity contribution is 0.104. The Morgan fingerprint density at radius 3 is 2.32 bits per heavy atom. The van der Waals surface area contributed by atoms with Gasteiger partial charge in [-0.1, -0.05) is 29.8 Å². The van der Waals surface area contributed by atoms with Crippen molar-refractivity contribution in [2.75, 3.05) is 14.2 Å². The molecule has 2 aromatic carbocycles. The van der Waals surface area contributed by atoms with Crippen LogP contribution < -0.4 is 9.47 Å². The first-order valence-corrected chi connectivity index (χ1v) is 6.86. The van der Waals surface area contributed by atoms with E-state index in [2.05, 4.69) is 0 Å². The Hall–Kier alpha value is -2.46. The summed E-state index contributed by atoms with van der Waals surface area (Å²) in [7, 11) is 2.89. The normalized spacial score (nSPS) is 10.7. The van der Waals surface area contributed by atoms with Crippen LogP contribution in [0.5, 0.6) is 17.2 Å². The SMILES string of the molecule is COc1cc(/C=C/C(=O)c2cccc(Cl)c2)cc(OC)c1O. The fourth-order valence-electron chi connectivity index (χ4n) is 1.92. The number of phenols is 1. The number of ketones is 1. The van der Waals surface area contributed by atoms with Gasteiger partial charge in [-0.25, -0.2) is 0 Å². The summed E-state index contributed by atoms with van der Waals surface area (Å²) in [4.78, 5) is 12.1. The van der Waals surface area contributed by atoms with Crippen molar-refractivity contribution in [2.24, 2.45) is 0 Å². The summed E-state index contributed by atoms with van der Waals surface area (Å²) in [5.41, 5.74) is 1.17. The highest BCUT2D eigenvalue weighted by atomic mass is 35.5. The van der Waals surface area contributed by atoms with Gasteiger partial charge in [-0.3, -0.25) is 4.79 Å². The summed E-state index contributed by atoms with van der Waals surface area (Å²) in [6, 6.07) is 9.94. The first kappa shape index (κ1) is 15.9. The maximum absolute atomic E-state index is 12.1. The highest BCUT2D eigenvalue weighted by molar-refractivity contribution is 6.31. The molecule has 0 aliphatic rings. The van der Waals surface area contributed by atoms with Crippen LogP contribution in [-0.2, 0) is 0 Å². The molecular formula is C17H15ClO4. The van der Waals surface area contributed by atoms with Gasteiger partial charge >= 0.3 is 0 Å². The zero-order chi connectivity index (χ0) is 16.1. The van der Waals surface area contributed by atoms with Crippen LogP contribution in [-0.4, -0.2) is 25.1 Å². The quantitative estimate of drug-likeness (QED) is 0.669. The Kier molecular flexibility index (Phi) is 5.07. The summed E-state index contributed by atoms with van der Waals surface area (Å²) in [5, 5.41) is 10.4. The number of ether oxygens (including phenoxy) is 2. The second kappa shape index (κ2) is 7.00. The molecule has 2 aromatic rings. The molecule has 0 saturated heterocycles. The van der Waals surface area contributed by atoms with E-state index in [1.54, 1.807) is 42.5 Å². The van der Waals surface area contributed by atoms with Crippen molar-refractivity contribution in [1.82, 2.24) is 0 Å². The molecule has 5 heteroatoms.